The summed E-state index contributed by atoms with van der Waals surface area (Å²) in [4.78, 5) is 23.9. The Bertz CT molecular complexity index is 984. The van der Waals surface area contributed by atoms with Crippen molar-refractivity contribution in [3.63, 3.8) is 0 Å². The molecule has 8 heteroatoms. The summed E-state index contributed by atoms with van der Waals surface area (Å²) in [7, 11) is 1.66. The molecule has 0 aliphatic carbocycles. The summed E-state index contributed by atoms with van der Waals surface area (Å²) in [5, 5.41) is 9.78. The van der Waals surface area contributed by atoms with Gasteiger partial charge in [0, 0.05) is 37.6 Å². The molecule has 0 fully saturated rings. The van der Waals surface area contributed by atoms with Crippen LogP contribution in [-0.2, 0) is 4.74 Å². The van der Waals surface area contributed by atoms with Gasteiger partial charge in [0.15, 0.2) is 5.43 Å². The highest BCUT2D eigenvalue weighted by atomic mass is 35.5. The fourth-order valence-corrected chi connectivity index (χ4v) is 3.68. The van der Waals surface area contributed by atoms with E-state index in [1.165, 1.54) is 12.3 Å². The third kappa shape index (κ3) is 4.63. The van der Waals surface area contributed by atoms with Crippen LogP contribution in [0.1, 0.15) is 43.1 Å². The monoisotopic (exact) mass is 435 g/mol. The standard InChI is InChI=1S/C22H26ClNO6/c1-13(2)18-12-30-20-10-21(29-7-5-4-6-28-3)16(23)8-14(20)17-9-19(25)15(22(26)27)11-24(17)18/h8-11,13,18H,4-7,12H2,1-3H3,(H,26,27)/t18-/m0/s1. The van der Waals surface area contributed by atoms with Crippen molar-refractivity contribution in [2.24, 2.45) is 5.92 Å². The van der Waals surface area contributed by atoms with E-state index in [2.05, 4.69) is 0 Å². The van der Waals surface area contributed by atoms with Gasteiger partial charge in [-0.25, -0.2) is 4.79 Å². The first-order chi connectivity index (χ1) is 14.3. The number of halogens is 1. The highest BCUT2D eigenvalue weighted by Crippen LogP contribution is 2.42. The third-order valence-electron chi connectivity index (χ3n) is 5.16. The van der Waals surface area contributed by atoms with Crippen molar-refractivity contribution in [3.05, 3.63) is 45.2 Å². The first-order valence-corrected chi connectivity index (χ1v) is 10.3. The second kappa shape index (κ2) is 9.53. The molecule has 1 aromatic carbocycles. The van der Waals surface area contributed by atoms with Crippen LogP contribution in [0.25, 0.3) is 11.3 Å². The van der Waals surface area contributed by atoms with Crippen molar-refractivity contribution in [1.82, 2.24) is 4.57 Å². The van der Waals surface area contributed by atoms with Gasteiger partial charge in [0.1, 0.15) is 23.7 Å². The highest BCUT2D eigenvalue weighted by molar-refractivity contribution is 6.32. The number of fused-ring (bicyclic) bond motifs is 3. The van der Waals surface area contributed by atoms with Crippen LogP contribution in [0.2, 0.25) is 5.02 Å². The van der Waals surface area contributed by atoms with E-state index in [9.17, 15) is 14.7 Å². The topological polar surface area (TPSA) is 87.0 Å². The fourth-order valence-electron chi connectivity index (χ4n) is 3.47. The Morgan fingerprint density at radius 2 is 2.03 bits per heavy atom. The summed E-state index contributed by atoms with van der Waals surface area (Å²) >= 11 is 6.45. The summed E-state index contributed by atoms with van der Waals surface area (Å²) in [6.07, 6.45) is 3.11. The van der Waals surface area contributed by atoms with Crippen LogP contribution in [0, 0.1) is 5.92 Å². The Balaban J connectivity index is 2.02. The molecule has 30 heavy (non-hydrogen) atoms. The largest absolute Gasteiger partial charge is 0.492 e. The number of aromatic nitrogens is 1. The maximum Gasteiger partial charge on any atom is 0.341 e. The number of aromatic carboxylic acids is 1. The maximum atomic E-state index is 12.4. The number of carboxylic acid groups (broad SMARTS) is 1. The predicted octanol–water partition coefficient (Wildman–Crippen LogP) is 4.26. The second-order valence-corrected chi connectivity index (χ2v) is 8.01. The molecule has 0 bridgehead atoms. The molecule has 1 aromatic heterocycles. The Hall–Kier alpha value is -2.51. The minimum atomic E-state index is -1.25. The lowest BCUT2D eigenvalue weighted by molar-refractivity contribution is 0.0694. The zero-order valence-electron chi connectivity index (χ0n) is 17.3. The van der Waals surface area contributed by atoms with Crippen LogP contribution < -0.4 is 14.9 Å². The van der Waals surface area contributed by atoms with Crippen molar-refractivity contribution < 1.29 is 24.1 Å². The summed E-state index contributed by atoms with van der Waals surface area (Å²) in [5.41, 5.74) is 0.377. The molecule has 162 valence electrons. The van der Waals surface area contributed by atoms with Crippen LogP contribution >= 0.6 is 11.6 Å². The van der Waals surface area contributed by atoms with Gasteiger partial charge >= 0.3 is 5.97 Å². The Morgan fingerprint density at radius 3 is 2.70 bits per heavy atom. The molecule has 0 spiro atoms. The molecule has 2 aromatic rings. The summed E-state index contributed by atoms with van der Waals surface area (Å²) in [6, 6.07) is 4.63. The van der Waals surface area contributed by atoms with Gasteiger partial charge in [-0.3, -0.25) is 4.79 Å². The second-order valence-electron chi connectivity index (χ2n) is 7.60. The van der Waals surface area contributed by atoms with E-state index >= 15 is 0 Å². The van der Waals surface area contributed by atoms with Gasteiger partial charge in [-0.15, -0.1) is 0 Å². The molecule has 0 amide bonds. The van der Waals surface area contributed by atoms with Gasteiger partial charge in [-0.05, 0) is 24.8 Å². The normalized spacial score (nSPS) is 15.2. The van der Waals surface area contributed by atoms with Crippen molar-refractivity contribution in [2.75, 3.05) is 26.9 Å². The van der Waals surface area contributed by atoms with Gasteiger partial charge in [-0.2, -0.15) is 0 Å². The molecule has 1 N–H and O–H groups in total. The Kier molecular flexibility index (Phi) is 7.05. The molecular weight excluding hydrogens is 410 g/mol. The van der Waals surface area contributed by atoms with Crippen LogP contribution in [0.4, 0.5) is 0 Å². The smallest absolute Gasteiger partial charge is 0.341 e. The van der Waals surface area contributed by atoms with E-state index in [0.717, 1.165) is 12.8 Å². The number of ether oxygens (including phenoxy) is 3. The number of hydrogen-bond acceptors (Lipinski definition) is 5. The number of carbonyl (C=O) groups is 1. The van der Waals surface area contributed by atoms with Crippen molar-refractivity contribution in [2.45, 2.75) is 32.7 Å². The van der Waals surface area contributed by atoms with Crippen LogP contribution in [0.15, 0.2) is 29.2 Å². The van der Waals surface area contributed by atoms with Gasteiger partial charge in [0.25, 0.3) is 0 Å². The quantitative estimate of drug-likeness (QED) is 0.623. The number of carboxylic acids is 1. The molecule has 2 heterocycles. The van der Waals surface area contributed by atoms with Gasteiger partial charge in [-0.1, -0.05) is 25.4 Å². The van der Waals surface area contributed by atoms with E-state index in [0.29, 0.717) is 47.6 Å². The lowest BCUT2D eigenvalue weighted by Gasteiger charge is -2.24. The van der Waals surface area contributed by atoms with E-state index in [1.807, 2.05) is 18.4 Å². The Labute approximate surface area is 180 Å². The van der Waals surface area contributed by atoms with E-state index < -0.39 is 11.4 Å². The van der Waals surface area contributed by atoms with Gasteiger partial charge in [0.05, 0.1) is 23.4 Å². The molecule has 1 aliphatic heterocycles. The highest BCUT2D eigenvalue weighted by Gasteiger charge is 2.27. The third-order valence-corrected chi connectivity index (χ3v) is 5.45. The zero-order valence-corrected chi connectivity index (χ0v) is 18.1. The molecule has 0 saturated heterocycles. The van der Waals surface area contributed by atoms with Crippen LogP contribution in [0.3, 0.4) is 0 Å². The average molecular weight is 436 g/mol. The van der Waals surface area contributed by atoms with Crippen LogP contribution in [0.5, 0.6) is 11.5 Å². The molecule has 1 aliphatic rings. The van der Waals surface area contributed by atoms with E-state index in [-0.39, 0.29) is 17.5 Å². The summed E-state index contributed by atoms with van der Waals surface area (Å²) in [6.45, 7) is 5.54. The predicted molar refractivity (Wildman–Crippen MR) is 114 cm³/mol. The first kappa shape index (κ1) is 22.2. The van der Waals surface area contributed by atoms with Crippen molar-refractivity contribution in [1.29, 1.82) is 0 Å². The molecular formula is C22H26ClNO6. The van der Waals surface area contributed by atoms with Crippen LogP contribution in [-0.4, -0.2) is 42.6 Å². The number of benzene rings is 1. The number of methoxy groups -OCH3 is 1. The molecule has 0 radical (unpaired) electrons. The molecule has 3 rings (SSSR count). The molecule has 0 saturated carbocycles. The van der Waals surface area contributed by atoms with Gasteiger partial charge in [0.2, 0.25) is 0 Å². The fraction of sp³-hybridized carbons (Fsp3) is 0.455. The number of hydrogen-bond donors (Lipinski definition) is 1. The van der Waals surface area contributed by atoms with Gasteiger partial charge < -0.3 is 23.9 Å². The van der Waals surface area contributed by atoms with Crippen molar-refractivity contribution >= 4 is 17.6 Å². The minimum Gasteiger partial charge on any atom is -0.492 e. The SMILES string of the molecule is COCCCCOc1cc2c(cc1Cl)-c1cc(=O)c(C(=O)O)cn1[C@H](C(C)C)CO2. The number of pyridine rings is 1. The summed E-state index contributed by atoms with van der Waals surface area (Å²) in [5.74, 6) is -0.0508. The molecule has 0 unspecified atom stereocenters. The van der Waals surface area contributed by atoms with Crippen molar-refractivity contribution in [3.8, 4) is 22.8 Å². The number of nitrogens with zero attached hydrogens (tertiary/aromatic N) is 1. The minimum absolute atomic E-state index is 0.147. The zero-order chi connectivity index (χ0) is 21.8. The number of unbranched alkanes of at least 4 members (excludes halogenated alkanes) is 1. The molecule has 1 atom stereocenters. The molecule has 7 nitrogen and oxygen atoms in total. The lowest BCUT2D eigenvalue weighted by atomic mass is 10.0. The average Bonchev–Trinajstić information content (AvgIpc) is 2.83. The summed E-state index contributed by atoms with van der Waals surface area (Å²) < 4.78 is 18.7. The van der Waals surface area contributed by atoms with E-state index in [1.54, 1.807) is 19.2 Å². The van der Waals surface area contributed by atoms with E-state index in [4.69, 9.17) is 25.8 Å². The first-order valence-electron chi connectivity index (χ1n) is 9.91. The number of rotatable bonds is 8. The lowest BCUT2D eigenvalue weighted by Crippen LogP contribution is -2.25. The maximum absolute atomic E-state index is 12.4. The Morgan fingerprint density at radius 1 is 1.30 bits per heavy atom.